The number of carbonyl (C=O) groups excluding carboxylic acids is 1. The lowest BCUT2D eigenvalue weighted by Gasteiger charge is -2.09. The number of hydrogen-bond acceptors (Lipinski definition) is 3. The number of halogens is 3. The topological polar surface area (TPSA) is 70.1 Å². The SMILES string of the molecule is Cc1n[nH]c(C)c1CCC(=O)NN=Cc1ccccc1C(F)(F)F. The van der Waals surface area contributed by atoms with Gasteiger partial charge >= 0.3 is 6.18 Å². The summed E-state index contributed by atoms with van der Waals surface area (Å²) < 4.78 is 38.5. The zero-order valence-electron chi connectivity index (χ0n) is 13.2. The molecule has 2 rings (SSSR count). The van der Waals surface area contributed by atoms with Crippen molar-refractivity contribution in [3.05, 3.63) is 52.3 Å². The predicted molar refractivity (Wildman–Crippen MR) is 83.6 cm³/mol. The van der Waals surface area contributed by atoms with Crippen LogP contribution in [0.4, 0.5) is 13.2 Å². The maximum absolute atomic E-state index is 12.8. The van der Waals surface area contributed by atoms with Crippen molar-refractivity contribution in [2.75, 3.05) is 0 Å². The summed E-state index contributed by atoms with van der Waals surface area (Å²) in [5, 5.41) is 10.5. The number of benzene rings is 1. The zero-order valence-corrected chi connectivity index (χ0v) is 13.2. The first kappa shape index (κ1) is 17.7. The molecule has 1 aromatic heterocycles. The molecule has 2 aromatic rings. The quantitative estimate of drug-likeness (QED) is 0.649. The number of rotatable bonds is 5. The molecule has 0 aliphatic rings. The van der Waals surface area contributed by atoms with E-state index >= 15 is 0 Å². The highest BCUT2D eigenvalue weighted by molar-refractivity contribution is 5.84. The van der Waals surface area contributed by atoms with Crippen LogP contribution in [0.5, 0.6) is 0 Å². The molecule has 0 fully saturated rings. The Bertz CT molecular complexity index is 731. The Balaban J connectivity index is 1.94. The molecular formula is C16H17F3N4O. The van der Waals surface area contributed by atoms with Gasteiger partial charge in [-0.25, -0.2) is 5.43 Å². The van der Waals surface area contributed by atoms with E-state index in [9.17, 15) is 18.0 Å². The van der Waals surface area contributed by atoms with Crippen LogP contribution in [0, 0.1) is 13.8 Å². The first-order valence-electron chi connectivity index (χ1n) is 7.27. The minimum atomic E-state index is -4.47. The van der Waals surface area contributed by atoms with E-state index in [1.807, 2.05) is 13.8 Å². The van der Waals surface area contributed by atoms with Crippen LogP contribution < -0.4 is 5.43 Å². The second-order valence-corrected chi connectivity index (χ2v) is 5.29. The smallest absolute Gasteiger partial charge is 0.282 e. The van der Waals surface area contributed by atoms with Crippen LogP contribution >= 0.6 is 0 Å². The number of H-pyrrole nitrogens is 1. The molecule has 0 aliphatic heterocycles. The number of aromatic amines is 1. The number of alkyl halides is 3. The molecule has 1 amide bonds. The monoisotopic (exact) mass is 338 g/mol. The summed E-state index contributed by atoms with van der Waals surface area (Å²) in [7, 11) is 0. The molecule has 0 aliphatic carbocycles. The number of nitrogens with zero attached hydrogens (tertiary/aromatic N) is 2. The molecule has 1 aromatic carbocycles. The average molecular weight is 338 g/mol. The van der Waals surface area contributed by atoms with E-state index in [0.717, 1.165) is 29.2 Å². The van der Waals surface area contributed by atoms with Crippen LogP contribution in [0.25, 0.3) is 0 Å². The van der Waals surface area contributed by atoms with Crippen molar-refractivity contribution in [3.63, 3.8) is 0 Å². The van der Waals surface area contributed by atoms with Crippen molar-refractivity contribution in [2.45, 2.75) is 32.9 Å². The third-order valence-corrected chi connectivity index (χ3v) is 3.54. The highest BCUT2D eigenvalue weighted by Crippen LogP contribution is 2.31. The molecule has 0 atom stereocenters. The van der Waals surface area contributed by atoms with Gasteiger partial charge in [-0.1, -0.05) is 18.2 Å². The minimum Gasteiger partial charge on any atom is -0.282 e. The van der Waals surface area contributed by atoms with E-state index in [4.69, 9.17) is 0 Å². The fraction of sp³-hybridized carbons (Fsp3) is 0.312. The van der Waals surface area contributed by atoms with Gasteiger partial charge in [0.1, 0.15) is 0 Å². The fourth-order valence-corrected chi connectivity index (χ4v) is 2.28. The van der Waals surface area contributed by atoms with Crippen molar-refractivity contribution in [1.29, 1.82) is 0 Å². The highest BCUT2D eigenvalue weighted by atomic mass is 19.4. The Labute approximate surface area is 137 Å². The molecule has 0 unspecified atom stereocenters. The van der Waals surface area contributed by atoms with Gasteiger partial charge < -0.3 is 0 Å². The predicted octanol–water partition coefficient (Wildman–Crippen LogP) is 3.13. The second-order valence-electron chi connectivity index (χ2n) is 5.29. The molecule has 0 saturated carbocycles. The standard InChI is InChI=1S/C16H17F3N4O/c1-10-13(11(2)22-21-10)7-8-15(24)23-20-9-12-5-3-4-6-14(12)16(17,18)19/h3-6,9H,7-8H2,1-2H3,(H,21,22)(H,23,24). The summed E-state index contributed by atoms with van der Waals surface area (Å²) in [6, 6.07) is 5.03. The van der Waals surface area contributed by atoms with E-state index in [2.05, 4.69) is 20.7 Å². The van der Waals surface area contributed by atoms with Crippen molar-refractivity contribution < 1.29 is 18.0 Å². The van der Waals surface area contributed by atoms with Crippen LogP contribution in [0.1, 0.15) is 34.5 Å². The number of hydrogen-bond donors (Lipinski definition) is 2. The first-order chi connectivity index (χ1) is 11.3. The Morgan fingerprint density at radius 3 is 2.67 bits per heavy atom. The van der Waals surface area contributed by atoms with Crippen molar-refractivity contribution in [1.82, 2.24) is 15.6 Å². The van der Waals surface area contributed by atoms with Gasteiger partial charge in [-0.2, -0.15) is 23.4 Å². The molecule has 128 valence electrons. The maximum Gasteiger partial charge on any atom is 0.417 e. The Morgan fingerprint density at radius 2 is 2.04 bits per heavy atom. The van der Waals surface area contributed by atoms with Crippen LogP contribution in [0.3, 0.4) is 0 Å². The lowest BCUT2D eigenvalue weighted by atomic mass is 10.1. The summed E-state index contributed by atoms with van der Waals surface area (Å²) in [6.45, 7) is 3.70. The molecule has 0 bridgehead atoms. The number of aromatic nitrogens is 2. The number of carbonyl (C=O) groups is 1. The number of hydrazone groups is 1. The van der Waals surface area contributed by atoms with E-state index < -0.39 is 11.7 Å². The number of nitrogens with one attached hydrogen (secondary N) is 2. The molecule has 24 heavy (non-hydrogen) atoms. The zero-order chi connectivity index (χ0) is 17.7. The fourth-order valence-electron chi connectivity index (χ4n) is 2.28. The Morgan fingerprint density at radius 1 is 1.33 bits per heavy atom. The molecule has 8 heteroatoms. The Kier molecular flexibility index (Phi) is 5.38. The van der Waals surface area contributed by atoms with Gasteiger partial charge in [0.2, 0.25) is 5.91 Å². The van der Waals surface area contributed by atoms with E-state index in [1.54, 1.807) is 0 Å². The van der Waals surface area contributed by atoms with Gasteiger partial charge in [0, 0.05) is 17.7 Å². The molecule has 0 radical (unpaired) electrons. The van der Waals surface area contributed by atoms with Crippen LogP contribution in [-0.4, -0.2) is 22.3 Å². The van der Waals surface area contributed by atoms with Crippen molar-refractivity contribution in [3.8, 4) is 0 Å². The number of aryl methyl sites for hydroxylation is 2. The van der Waals surface area contributed by atoms with E-state index in [1.165, 1.54) is 18.2 Å². The number of amides is 1. The molecule has 0 saturated heterocycles. The minimum absolute atomic E-state index is 0.105. The van der Waals surface area contributed by atoms with Crippen LogP contribution in [0.2, 0.25) is 0 Å². The third kappa shape index (κ3) is 4.43. The normalized spacial score (nSPS) is 11.9. The third-order valence-electron chi connectivity index (χ3n) is 3.54. The molecular weight excluding hydrogens is 321 g/mol. The molecule has 0 spiro atoms. The van der Waals surface area contributed by atoms with E-state index in [-0.39, 0.29) is 17.9 Å². The van der Waals surface area contributed by atoms with E-state index in [0.29, 0.717) is 6.42 Å². The summed E-state index contributed by atoms with van der Waals surface area (Å²) in [5.74, 6) is -0.379. The summed E-state index contributed by atoms with van der Waals surface area (Å²) in [6.07, 6.45) is -2.83. The summed E-state index contributed by atoms with van der Waals surface area (Å²) in [5.41, 5.74) is 4.01. The second kappa shape index (κ2) is 7.29. The van der Waals surface area contributed by atoms with Gasteiger partial charge in [-0.15, -0.1) is 0 Å². The molecule has 5 nitrogen and oxygen atoms in total. The van der Waals surface area contributed by atoms with Gasteiger partial charge in [0.15, 0.2) is 0 Å². The van der Waals surface area contributed by atoms with Gasteiger partial charge in [0.25, 0.3) is 0 Å². The van der Waals surface area contributed by atoms with Crippen molar-refractivity contribution >= 4 is 12.1 Å². The van der Waals surface area contributed by atoms with Crippen LogP contribution in [0.15, 0.2) is 29.4 Å². The van der Waals surface area contributed by atoms with Gasteiger partial charge in [-0.05, 0) is 31.9 Å². The lowest BCUT2D eigenvalue weighted by molar-refractivity contribution is -0.137. The Hall–Kier alpha value is -2.64. The average Bonchev–Trinajstić information content (AvgIpc) is 2.83. The van der Waals surface area contributed by atoms with Gasteiger partial charge in [-0.3, -0.25) is 9.89 Å². The molecule has 1 heterocycles. The summed E-state index contributed by atoms with van der Waals surface area (Å²) >= 11 is 0. The summed E-state index contributed by atoms with van der Waals surface area (Å²) in [4.78, 5) is 11.8. The largest absolute Gasteiger partial charge is 0.417 e. The highest BCUT2D eigenvalue weighted by Gasteiger charge is 2.32. The van der Waals surface area contributed by atoms with Crippen molar-refractivity contribution in [2.24, 2.45) is 5.10 Å². The first-order valence-corrected chi connectivity index (χ1v) is 7.27. The lowest BCUT2D eigenvalue weighted by Crippen LogP contribution is -2.18. The maximum atomic E-state index is 12.8. The van der Waals surface area contributed by atoms with Crippen LogP contribution in [-0.2, 0) is 17.4 Å². The molecule has 2 N–H and O–H groups in total. The van der Waals surface area contributed by atoms with Gasteiger partial charge in [0.05, 0.1) is 17.5 Å².